The van der Waals surface area contributed by atoms with Gasteiger partial charge in [-0.3, -0.25) is 0 Å². The molecule has 4 heteroatoms. The van der Waals surface area contributed by atoms with E-state index in [4.69, 9.17) is 21.1 Å². The molecule has 0 spiro atoms. The molecule has 1 fully saturated rings. The van der Waals surface area contributed by atoms with Crippen LogP contribution in [0.1, 0.15) is 30.9 Å². The van der Waals surface area contributed by atoms with Crippen molar-refractivity contribution in [1.82, 2.24) is 0 Å². The molecule has 2 nitrogen and oxygen atoms in total. The van der Waals surface area contributed by atoms with Gasteiger partial charge in [0.05, 0.1) is 18.8 Å². The van der Waals surface area contributed by atoms with Crippen molar-refractivity contribution in [2.45, 2.75) is 31.5 Å². The average Bonchev–Trinajstić information content (AvgIpc) is 2.42. The first kappa shape index (κ1) is 14.3. The summed E-state index contributed by atoms with van der Waals surface area (Å²) in [6.07, 6.45) is 3.73. The second-order valence-electron chi connectivity index (χ2n) is 4.49. The maximum absolute atomic E-state index is 6.19. The molecule has 0 radical (unpaired) electrons. The highest BCUT2D eigenvalue weighted by molar-refractivity contribution is 9.09. The van der Waals surface area contributed by atoms with Gasteiger partial charge in [0.25, 0.3) is 0 Å². The normalized spacial score (nSPS) is 21.8. The van der Waals surface area contributed by atoms with E-state index in [2.05, 4.69) is 15.9 Å². The van der Waals surface area contributed by atoms with E-state index in [1.165, 1.54) is 12.8 Å². The lowest BCUT2D eigenvalue weighted by molar-refractivity contribution is -0.0585. The van der Waals surface area contributed by atoms with Crippen molar-refractivity contribution < 1.29 is 9.47 Å². The molecule has 0 aromatic heterocycles. The molecule has 0 amide bonds. The molecule has 18 heavy (non-hydrogen) atoms. The Morgan fingerprint density at radius 2 is 2.22 bits per heavy atom. The number of benzene rings is 1. The van der Waals surface area contributed by atoms with E-state index in [1.54, 1.807) is 0 Å². The van der Waals surface area contributed by atoms with Gasteiger partial charge in [-0.05, 0) is 25.3 Å². The maximum atomic E-state index is 6.19. The van der Waals surface area contributed by atoms with Gasteiger partial charge in [-0.1, -0.05) is 45.7 Å². The van der Waals surface area contributed by atoms with E-state index in [9.17, 15) is 0 Å². The highest BCUT2D eigenvalue weighted by atomic mass is 79.9. The van der Waals surface area contributed by atoms with E-state index < -0.39 is 0 Å². The fourth-order valence-corrected chi connectivity index (χ4v) is 2.91. The van der Waals surface area contributed by atoms with Crippen LogP contribution in [-0.4, -0.2) is 24.6 Å². The van der Waals surface area contributed by atoms with Crippen LogP contribution >= 0.6 is 27.5 Å². The number of rotatable bonds is 5. The summed E-state index contributed by atoms with van der Waals surface area (Å²) in [5.74, 6) is 0. The van der Waals surface area contributed by atoms with Crippen molar-refractivity contribution in [3.05, 3.63) is 34.9 Å². The molecule has 1 aromatic rings. The Bertz CT molecular complexity index is 367. The third kappa shape index (κ3) is 3.95. The topological polar surface area (TPSA) is 18.5 Å². The third-order valence-electron chi connectivity index (χ3n) is 3.15. The van der Waals surface area contributed by atoms with Gasteiger partial charge < -0.3 is 9.47 Å². The van der Waals surface area contributed by atoms with E-state index in [-0.39, 0.29) is 12.2 Å². The molecule has 1 aliphatic heterocycles. The lowest BCUT2D eigenvalue weighted by atomic mass is 10.1. The van der Waals surface area contributed by atoms with Crippen LogP contribution in [-0.2, 0) is 9.47 Å². The molecule has 1 saturated heterocycles. The Morgan fingerprint density at radius 3 is 2.89 bits per heavy atom. The fraction of sp³-hybridized carbons (Fsp3) is 0.571. The largest absolute Gasteiger partial charge is 0.376 e. The quantitative estimate of drug-likeness (QED) is 0.745. The van der Waals surface area contributed by atoms with E-state index in [0.29, 0.717) is 6.61 Å². The van der Waals surface area contributed by atoms with Crippen molar-refractivity contribution in [1.29, 1.82) is 0 Å². The Hall–Kier alpha value is -0.0900. The smallest absolute Gasteiger partial charge is 0.0937 e. The predicted octanol–water partition coefficient (Wildman–Crippen LogP) is 4.36. The molecule has 0 aliphatic carbocycles. The predicted molar refractivity (Wildman–Crippen MR) is 77.5 cm³/mol. The SMILES string of the molecule is Clc1ccccc1C(CBr)OCC1CCCCO1. The molecule has 100 valence electrons. The molecule has 2 atom stereocenters. The molecule has 2 unspecified atom stereocenters. The lowest BCUT2D eigenvalue weighted by Gasteiger charge is -2.25. The van der Waals surface area contributed by atoms with E-state index in [0.717, 1.165) is 28.9 Å². The summed E-state index contributed by atoms with van der Waals surface area (Å²) in [5, 5.41) is 1.50. The number of hydrogen-bond acceptors (Lipinski definition) is 2. The zero-order chi connectivity index (χ0) is 12.8. The first-order valence-electron chi connectivity index (χ1n) is 6.35. The van der Waals surface area contributed by atoms with Crippen molar-refractivity contribution in [3.8, 4) is 0 Å². The van der Waals surface area contributed by atoms with Crippen molar-refractivity contribution in [3.63, 3.8) is 0 Å². The first-order valence-corrected chi connectivity index (χ1v) is 7.85. The van der Waals surface area contributed by atoms with Gasteiger partial charge in [0, 0.05) is 22.5 Å². The van der Waals surface area contributed by atoms with Crippen molar-refractivity contribution in [2.75, 3.05) is 18.5 Å². The van der Waals surface area contributed by atoms with Crippen LogP contribution in [0.15, 0.2) is 24.3 Å². The standard InChI is InChI=1S/C14H18BrClO2/c15-9-14(12-6-1-2-7-13(12)16)18-10-11-5-3-4-8-17-11/h1-2,6-7,11,14H,3-5,8-10H2. The van der Waals surface area contributed by atoms with Gasteiger partial charge in [0.2, 0.25) is 0 Å². The summed E-state index contributed by atoms with van der Waals surface area (Å²) in [6.45, 7) is 1.50. The van der Waals surface area contributed by atoms with Crippen molar-refractivity contribution >= 4 is 27.5 Å². The Labute approximate surface area is 122 Å². The summed E-state index contributed by atoms with van der Waals surface area (Å²) >= 11 is 9.67. The summed E-state index contributed by atoms with van der Waals surface area (Å²) in [6, 6.07) is 7.82. The van der Waals surface area contributed by atoms with Gasteiger partial charge in [-0.15, -0.1) is 0 Å². The molecule has 0 bridgehead atoms. The second-order valence-corrected chi connectivity index (χ2v) is 5.54. The van der Waals surface area contributed by atoms with Crippen LogP contribution in [0, 0.1) is 0 Å². The highest BCUT2D eigenvalue weighted by Gasteiger charge is 2.18. The second kappa shape index (κ2) is 7.49. The Balaban J connectivity index is 1.91. The van der Waals surface area contributed by atoms with Crippen LogP contribution in [0.2, 0.25) is 5.02 Å². The van der Waals surface area contributed by atoms with Gasteiger partial charge in [0.15, 0.2) is 0 Å². The molecule has 0 N–H and O–H groups in total. The van der Waals surface area contributed by atoms with Crippen LogP contribution in [0.3, 0.4) is 0 Å². The number of alkyl halides is 1. The fourth-order valence-electron chi connectivity index (χ4n) is 2.12. The monoisotopic (exact) mass is 332 g/mol. The van der Waals surface area contributed by atoms with Gasteiger partial charge in [0.1, 0.15) is 0 Å². The number of ether oxygens (including phenoxy) is 2. The Kier molecular flexibility index (Phi) is 5.96. The molecule has 1 aliphatic rings. The van der Waals surface area contributed by atoms with Crippen LogP contribution < -0.4 is 0 Å². The van der Waals surface area contributed by atoms with Gasteiger partial charge >= 0.3 is 0 Å². The van der Waals surface area contributed by atoms with Crippen LogP contribution in [0.5, 0.6) is 0 Å². The zero-order valence-corrected chi connectivity index (χ0v) is 12.6. The number of halogens is 2. The van der Waals surface area contributed by atoms with Gasteiger partial charge in [-0.2, -0.15) is 0 Å². The lowest BCUT2D eigenvalue weighted by Crippen LogP contribution is -2.25. The molecule has 0 saturated carbocycles. The van der Waals surface area contributed by atoms with Crippen LogP contribution in [0.4, 0.5) is 0 Å². The minimum Gasteiger partial charge on any atom is -0.376 e. The zero-order valence-electron chi connectivity index (χ0n) is 10.3. The minimum atomic E-state index is -0.00998. The Morgan fingerprint density at radius 1 is 1.39 bits per heavy atom. The minimum absolute atomic E-state index is 0.00998. The molecular weight excluding hydrogens is 316 g/mol. The van der Waals surface area contributed by atoms with E-state index in [1.807, 2.05) is 24.3 Å². The molecule has 1 aromatic carbocycles. The summed E-state index contributed by atoms with van der Waals surface area (Å²) in [5.41, 5.74) is 1.03. The number of hydrogen-bond donors (Lipinski definition) is 0. The molecule has 2 rings (SSSR count). The summed E-state index contributed by atoms with van der Waals surface area (Å²) in [7, 11) is 0. The van der Waals surface area contributed by atoms with Gasteiger partial charge in [-0.25, -0.2) is 0 Å². The average molecular weight is 334 g/mol. The maximum Gasteiger partial charge on any atom is 0.0937 e. The molecule has 1 heterocycles. The molecular formula is C14H18BrClO2. The summed E-state index contributed by atoms with van der Waals surface area (Å²) in [4.78, 5) is 0. The van der Waals surface area contributed by atoms with Crippen molar-refractivity contribution in [2.24, 2.45) is 0 Å². The summed E-state index contributed by atoms with van der Waals surface area (Å²) < 4.78 is 11.6. The third-order valence-corrected chi connectivity index (χ3v) is 4.08. The highest BCUT2D eigenvalue weighted by Crippen LogP contribution is 2.27. The van der Waals surface area contributed by atoms with E-state index >= 15 is 0 Å². The van der Waals surface area contributed by atoms with Crippen LogP contribution in [0.25, 0.3) is 0 Å². The first-order chi connectivity index (χ1) is 8.81.